The molecule has 1 aliphatic heterocycles. The van der Waals surface area contributed by atoms with Crippen LogP contribution in [0, 0.1) is 5.92 Å². The van der Waals surface area contributed by atoms with Gasteiger partial charge in [-0.05, 0) is 53.2 Å². The van der Waals surface area contributed by atoms with E-state index in [1.165, 1.54) is 34.5 Å². The van der Waals surface area contributed by atoms with Gasteiger partial charge in [0.15, 0.2) is 0 Å². The summed E-state index contributed by atoms with van der Waals surface area (Å²) in [6.07, 6.45) is 4.23. The van der Waals surface area contributed by atoms with Crippen LogP contribution in [0.4, 0.5) is 0 Å². The van der Waals surface area contributed by atoms with Gasteiger partial charge < -0.3 is 5.73 Å². The average molecular weight is 301 g/mol. The van der Waals surface area contributed by atoms with Crippen molar-refractivity contribution in [1.82, 2.24) is 4.90 Å². The van der Waals surface area contributed by atoms with Crippen molar-refractivity contribution in [2.45, 2.75) is 31.3 Å². The van der Waals surface area contributed by atoms with Gasteiger partial charge in [-0.15, -0.1) is 11.3 Å². The van der Waals surface area contributed by atoms with Crippen molar-refractivity contribution in [1.29, 1.82) is 0 Å². The zero-order valence-corrected chi connectivity index (χ0v) is 11.6. The number of nitrogens with two attached hydrogens (primary N) is 1. The number of halogens is 1. The van der Waals surface area contributed by atoms with Crippen LogP contribution in [0.25, 0.3) is 0 Å². The van der Waals surface area contributed by atoms with Crippen LogP contribution in [-0.2, 0) is 0 Å². The number of hydrogen-bond donors (Lipinski definition) is 1. The first kappa shape index (κ1) is 11.2. The van der Waals surface area contributed by atoms with Crippen molar-refractivity contribution in [3.8, 4) is 0 Å². The number of piperidine rings is 1. The largest absolute Gasteiger partial charge is 0.329 e. The Balaban J connectivity index is 1.81. The summed E-state index contributed by atoms with van der Waals surface area (Å²) in [7, 11) is 0. The van der Waals surface area contributed by atoms with E-state index in [0.29, 0.717) is 6.04 Å². The first-order valence-electron chi connectivity index (χ1n) is 5.99. The lowest BCUT2D eigenvalue weighted by Crippen LogP contribution is -2.38. The number of fused-ring (bicyclic) bond motifs is 2. The zero-order chi connectivity index (χ0) is 11.1. The molecular formula is C12H17BrN2S. The molecule has 0 aromatic carbocycles. The van der Waals surface area contributed by atoms with E-state index in [0.717, 1.165) is 18.5 Å². The first-order valence-corrected chi connectivity index (χ1v) is 7.60. The minimum absolute atomic E-state index is 0.451. The van der Waals surface area contributed by atoms with Gasteiger partial charge in [-0.1, -0.05) is 0 Å². The van der Waals surface area contributed by atoms with Crippen molar-refractivity contribution in [2.24, 2.45) is 11.7 Å². The van der Waals surface area contributed by atoms with E-state index in [4.69, 9.17) is 5.73 Å². The molecule has 2 fully saturated rings. The topological polar surface area (TPSA) is 29.3 Å². The molecule has 88 valence electrons. The van der Waals surface area contributed by atoms with Gasteiger partial charge >= 0.3 is 0 Å². The molecule has 1 aromatic heterocycles. The molecule has 1 aromatic rings. The molecule has 2 nitrogen and oxygen atoms in total. The summed E-state index contributed by atoms with van der Waals surface area (Å²) >= 11 is 5.37. The minimum atomic E-state index is 0.451. The molecule has 3 unspecified atom stereocenters. The average Bonchev–Trinajstić information content (AvgIpc) is 2.96. The Morgan fingerprint density at radius 3 is 2.88 bits per heavy atom. The molecule has 2 aliphatic rings. The van der Waals surface area contributed by atoms with Gasteiger partial charge in [0.2, 0.25) is 0 Å². The van der Waals surface area contributed by atoms with Gasteiger partial charge in [0.1, 0.15) is 0 Å². The zero-order valence-electron chi connectivity index (χ0n) is 9.23. The molecule has 3 atom stereocenters. The Bertz CT molecular complexity index is 379. The third-order valence-electron chi connectivity index (χ3n) is 4.00. The summed E-state index contributed by atoms with van der Waals surface area (Å²) < 4.78 is 1.21. The van der Waals surface area contributed by atoms with Crippen LogP contribution in [0.5, 0.6) is 0 Å². The van der Waals surface area contributed by atoms with E-state index >= 15 is 0 Å². The monoisotopic (exact) mass is 300 g/mol. The van der Waals surface area contributed by atoms with E-state index < -0.39 is 0 Å². The Kier molecular flexibility index (Phi) is 3.09. The summed E-state index contributed by atoms with van der Waals surface area (Å²) in [5.74, 6) is 0.947. The number of thiophene rings is 1. The van der Waals surface area contributed by atoms with E-state index in [-0.39, 0.29) is 0 Å². The lowest BCUT2D eigenvalue weighted by Gasteiger charge is -2.33. The smallest absolute Gasteiger partial charge is 0.0702 e. The molecular weight excluding hydrogens is 284 g/mol. The normalized spacial score (nSPS) is 31.1. The van der Waals surface area contributed by atoms with Crippen molar-refractivity contribution in [2.75, 3.05) is 13.1 Å². The van der Waals surface area contributed by atoms with Gasteiger partial charge in [-0.2, -0.15) is 0 Å². The summed E-state index contributed by atoms with van der Waals surface area (Å²) in [4.78, 5) is 4.06. The van der Waals surface area contributed by atoms with Crippen molar-refractivity contribution in [3.63, 3.8) is 0 Å². The third-order valence-corrected chi connectivity index (χ3v) is 5.72. The van der Waals surface area contributed by atoms with Crippen LogP contribution < -0.4 is 5.73 Å². The van der Waals surface area contributed by atoms with E-state index in [2.05, 4.69) is 33.0 Å². The van der Waals surface area contributed by atoms with Crippen LogP contribution in [-0.4, -0.2) is 24.0 Å². The number of likely N-dealkylation sites (tertiary alicyclic amines) is 1. The van der Waals surface area contributed by atoms with Crippen molar-refractivity contribution >= 4 is 27.3 Å². The SMILES string of the molecule is NCC(c1ccc(Br)s1)N1CC2CCC1C2. The minimum Gasteiger partial charge on any atom is -0.329 e. The van der Waals surface area contributed by atoms with Crippen LogP contribution in [0.15, 0.2) is 15.9 Å². The molecule has 2 N–H and O–H groups in total. The number of nitrogens with zero attached hydrogens (tertiary/aromatic N) is 1. The van der Waals surface area contributed by atoms with Crippen LogP contribution >= 0.6 is 27.3 Å². The molecule has 3 rings (SSSR count). The van der Waals surface area contributed by atoms with Gasteiger partial charge in [-0.3, -0.25) is 4.90 Å². The highest BCUT2D eigenvalue weighted by Crippen LogP contribution is 2.43. The molecule has 0 radical (unpaired) electrons. The standard InChI is InChI=1S/C12H17BrN2S/c13-12-4-3-11(16-12)10(6-14)15-7-8-1-2-9(15)5-8/h3-4,8-10H,1-2,5-7,14H2. The van der Waals surface area contributed by atoms with Crippen LogP contribution in [0.3, 0.4) is 0 Å². The highest BCUT2D eigenvalue weighted by atomic mass is 79.9. The second kappa shape index (κ2) is 4.41. The second-order valence-corrected chi connectivity index (χ2v) is 7.42. The molecule has 1 aliphatic carbocycles. The van der Waals surface area contributed by atoms with E-state index in [9.17, 15) is 0 Å². The third kappa shape index (κ3) is 1.86. The maximum absolute atomic E-state index is 5.98. The molecule has 0 spiro atoms. The molecule has 1 saturated heterocycles. The molecule has 1 saturated carbocycles. The summed E-state index contributed by atoms with van der Waals surface area (Å²) in [5, 5.41) is 0. The summed E-state index contributed by atoms with van der Waals surface area (Å²) in [6, 6.07) is 5.61. The van der Waals surface area contributed by atoms with Gasteiger partial charge in [-0.25, -0.2) is 0 Å². The van der Waals surface area contributed by atoms with Crippen molar-refractivity contribution < 1.29 is 0 Å². The number of rotatable bonds is 3. The fourth-order valence-electron chi connectivity index (χ4n) is 3.27. The maximum Gasteiger partial charge on any atom is 0.0702 e. The Labute approximate surface area is 109 Å². The molecule has 4 heteroatoms. The summed E-state index contributed by atoms with van der Waals surface area (Å²) in [6.45, 7) is 2.01. The molecule has 2 heterocycles. The van der Waals surface area contributed by atoms with Crippen LogP contribution in [0.2, 0.25) is 0 Å². The van der Waals surface area contributed by atoms with Gasteiger partial charge in [0.25, 0.3) is 0 Å². The molecule has 2 bridgehead atoms. The molecule has 0 amide bonds. The fraction of sp³-hybridized carbons (Fsp3) is 0.667. The highest BCUT2D eigenvalue weighted by Gasteiger charge is 2.41. The Morgan fingerprint density at radius 2 is 2.38 bits per heavy atom. The van der Waals surface area contributed by atoms with Gasteiger partial charge in [0, 0.05) is 24.0 Å². The summed E-state index contributed by atoms with van der Waals surface area (Å²) in [5.41, 5.74) is 5.98. The lowest BCUT2D eigenvalue weighted by atomic mass is 10.1. The predicted octanol–water partition coefficient (Wildman–Crippen LogP) is 2.99. The van der Waals surface area contributed by atoms with Crippen LogP contribution in [0.1, 0.15) is 30.2 Å². The second-order valence-electron chi connectivity index (χ2n) is 4.92. The van der Waals surface area contributed by atoms with E-state index in [1.54, 1.807) is 0 Å². The molecule has 16 heavy (non-hydrogen) atoms. The predicted molar refractivity (Wildman–Crippen MR) is 71.6 cm³/mol. The van der Waals surface area contributed by atoms with Crippen molar-refractivity contribution in [3.05, 3.63) is 20.8 Å². The lowest BCUT2D eigenvalue weighted by molar-refractivity contribution is 0.155. The van der Waals surface area contributed by atoms with E-state index in [1.807, 2.05) is 11.3 Å². The quantitative estimate of drug-likeness (QED) is 0.930. The number of hydrogen-bond acceptors (Lipinski definition) is 3. The first-order chi connectivity index (χ1) is 7.78. The highest BCUT2D eigenvalue weighted by molar-refractivity contribution is 9.11. The maximum atomic E-state index is 5.98. The Morgan fingerprint density at radius 1 is 1.50 bits per heavy atom. The Hall–Kier alpha value is 0.1000. The fourth-order valence-corrected chi connectivity index (χ4v) is 4.82. The van der Waals surface area contributed by atoms with Gasteiger partial charge in [0.05, 0.1) is 9.83 Å².